The third kappa shape index (κ3) is 1.48. The number of methoxy groups -OCH3 is 1. The number of rotatable bonds is 1. The molecule has 0 saturated carbocycles. The van der Waals surface area contributed by atoms with E-state index in [1.54, 1.807) is 7.11 Å². The van der Waals surface area contributed by atoms with E-state index < -0.39 is 0 Å². The van der Waals surface area contributed by atoms with Crippen molar-refractivity contribution in [2.45, 2.75) is 25.3 Å². The molecule has 0 bridgehead atoms. The molecule has 2 nitrogen and oxygen atoms in total. The third-order valence-electron chi connectivity index (χ3n) is 2.77. The average molecular weight is 195 g/mol. The Balaban J connectivity index is 2.54. The molecule has 0 aromatic heterocycles. The van der Waals surface area contributed by atoms with Crippen LogP contribution in [-0.2, 0) is 6.42 Å². The highest BCUT2D eigenvalue weighted by molar-refractivity contribution is 5.43. The van der Waals surface area contributed by atoms with Gasteiger partial charge < -0.3 is 10.5 Å². The second kappa shape index (κ2) is 3.58. The molecule has 0 spiro atoms. The number of hydrogen-bond acceptors (Lipinski definition) is 2. The summed E-state index contributed by atoms with van der Waals surface area (Å²) in [7, 11) is 1.56. The van der Waals surface area contributed by atoms with Gasteiger partial charge in [0.1, 0.15) is 11.6 Å². The van der Waals surface area contributed by atoms with E-state index in [2.05, 4.69) is 0 Å². The van der Waals surface area contributed by atoms with Gasteiger partial charge in [0.05, 0.1) is 7.11 Å². The summed E-state index contributed by atoms with van der Waals surface area (Å²) < 4.78 is 18.3. The summed E-state index contributed by atoms with van der Waals surface area (Å²) in [6.07, 6.45) is 2.92. The first-order valence-electron chi connectivity index (χ1n) is 4.84. The van der Waals surface area contributed by atoms with Crippen molar-refractivity contribution in [1.82, 2.24) is 0 Å². The van der Waals surface area contributed by atoms with Gasteiger partial charge in [0.15, 0.2) is 0 Å². The maximum Gasteiger partial charge on any atom is 0.127 e. The van der Waals surface area contributed by atoms with Gasteiger partial charge in [0, 0.05) is 12.1 Å². The van der Waals surface area contributed by atoms with Crippen LogP contribution in [0.1, 0.15) is 30.0 Å². The van der Waals surface area contributed by atoms with Crippen molar-refractivity contribution in [3.63, 3.8) is 0 Å². The van der Waals surface area contributed by atoms with Crippen LogP contribution in [0.2, 0.25) is 0 Å². The van der Waals surface area contributed by atoms with E-state index in [1.807, 2.05) is 0 Å². The van der Waals surface area contributed by atoms with Gasteiger partial charge >= 0.3 is 0 Å². The van der Waals surface area contributed by atoms with Crippen LogP contribution in [0.5, 0.6) is 5.75 Å². The fourth-order valence-electron chi connectivity index (χ4n) is 2.07. The van der Waals surface area contributed by atoms with Crippen molar-refractivity contribution < 1.29 is 9.13 Å². The van der Waals surface area contributed by atoms with Crippen molar-refractivity contribution >= 4 is 0 Å². The van der Waals surface area contributed by atoms with Crippen LogP contribution in [0.15, 0.2) is 12.1 Å². The van der Waals surface area contributed by atoms with E-state index in [-0.39, 0.29) is 11.9 Å². The first-order chi connectivity index (χ1) is 6.72. The summed E-state index contributed by atoms with van der Waals surface area (Å²) in [4.78, 5) is 0. The molecule has 0 radical (unpaired) electrons. The predicted molar refractivity (Wildman–Crippen MR) is 52.8 cm³/mol. The highest BCUT2D eigenvalue weighted by Crippen LogP contribution is 2.34. The van der Waals surface area contributed by atoms with E-state index in [9.17, 15) is 4.39 Å². The Labute approximate surface area is 82.9 Å². The quantitative estimate of drug-likeness (QED) is 0.745. The van der Waals surface area contributed by atoms with Gasteiger partial charge in [-0.25, -0.2) is 4.39 Å². The Morgan fingerprint density at radius 3 is 3.00 bits per heavy atom. The second-order valence-electron chi connectivity index (χ2n) is 3.67. The zero-order chi connectivity index (χ0) is 10.1. The highest BCUT2D eigenvalue weighted by Gasteiger charge is 2.21. The minimum Gasteiger partial charge on any atom is -0.496 e. The minimum atomic E-state index is -0.266. The molecule has 0 unspecified atom stereocenters. The van der Waals surface area contributed by atoms with Crippen molar-refractivity contribution in [3.8, 4) is 5.75 Å². The zero-order valence-electron chi connectivity index (χ0n) is 8.22. The second-order valence-corrected chi connectivity index (χ2v) is 3.67. The third-order valence-corrected chi connectivity index (χ3v) is 2.77. The Morgan fingerprint density at radius 2 is 2.29 bits per heavy atom. The molecule has 0 heterocycles. The summed E-state index contributed by atoms with van der Waals surface area (Å²) in [6.45, 7) is 0. The Morgan fingerprint density at radius 1 is 1.50 bits per heavy atom. The Hall–Kier alpha value is -1.09. The Kier molecular flexibility index (Phi) is 2.42. The summed E-state index contributed by atoms with van der Waals surface area (Å²) in [5, 5.41) is 0. The van der Waals surface area contributed by atoms with E-state index in [1.165, 1.54) is 12.1 Å². The fourth-order valence-corrected chi connectivity index (χ4v) is 2.07. The molecule has 0 fully saturated rings. The standard InChI is InChI=1S/C11H14FNO/c1-14-11-6-7(12)5-9-8(11)3-2-4-10(9)13/h5-6,10H,2-4,13H2,1H3/t10-/m0/s1. The van der Waals surface area contributed by atoms with Crippen LogP contribution >= 0.6 is 0 Å². The normalized spacial score (nSPS) is 20.4. The van der Waals surface area contributed by atoms with E-state index >= 15 is 0 Å². The summed E-state index contributed by atoms with van der Waals surface area (Å²) >= 11 is 0. The van der Waals surface area contributed by atoms with E-state index in [0.717, 1.165) is 30.4 Å². The molecule has 3 heteroatoms. The van der Waals surface area contributed by atoms with Gasteiger partial charge in [-0.05, 0) is 36.5 Å². The average Bonchev–Trinajstić information content (AvgIpc) is 2.18. The minimum absolute atomic E-state index is 0.0386. The van der Waals surface area contributed by atoms with Crippen LogP contribution in [0.25, 0.3) is 0 Å². The zero-order valence-corrected chi connectivity index (χ0v) is 8.22. The number of fused-ring (bicyclic) bond motifs is 1. The van der Waals surface area contributed by atoms with Crippen molar-refractivity contribution in [2.24, 2.45) is 5.73 Å². The molecule has 1 aromatic rings. The molecule has 1 aliphatic carbocycles. The molecule has 1 aromatic carbocycles. The van der Waals surface area contributed by atoms with Gasteiger partial charge in [-0.3, -0.25) is 0 Å². The first kappa shape index (κ1) is 9.46. The number of halogens is 1. The van der Waals surface area contributed by atoms with Gasteiger partial charge in [-0.15, -0.1) is 0 Å². The molecular formula is C11H14FNO. The van der Waals surface area contributed by atoms with Crippen LogP contribution in [0, 0.1) is 5.82 Å². The smallest absolute Gasteiger partial charge is 0.127 e. The lowest BCUT2D eigenvalue weighted by atomic mass is 9.87. The molecule has 2 N–H and O–H groups in total. The van der Waals surface area contributed by atoms with Crippen molar-refractivity contribution in [3.05, 3.63) is 29.1 Å². The van der Waals surface area contributed by atoms with E-state index in [0.29, 0.717) is 5.75 Å². The monoisotopic (exact) mass is 195 g/mol. The molecule has 76 valence electrons. The van der Waals surface area contributed by atoms with Gasteiger partial charge in [-0.2, -0.15) is 0 Å². The maximum absolute atomic E-state index is 13.2. The number of hydrogen-bond donors (Lipinski definition) is 1. The molecule has 0 amide bonds. The largest absolute Gasteiger partial charge is 0.496 e. The van der Waals surface area contributed by atoms with Crippen LogP contribution in [-0.4, -0.2) is 7.11 Å². The van der Waals surface area contributed by atoms with Gasteiger partial charge in [-0.1, -0.05) is 0 Å². The molecular weight excluding hydrogens is 181 g/mol. The van der Waals surface area contributed by atoms with Gasteiger partial charge in [0.25, 0.3) is 0 Å². The highest BCUT2D eigenvalue weighted by atomic mass is 19.1. The lowest BCUT2D eigenvalue weighted by molar-refractivity contribution is 0.399. The SMILES string of the molecule is COc1cc(F)cc2c1CCC[C@@H]2N. The summed E-state index contributed by atoms with van der Waals surface area (Å²) in [5.74, 6) is 0.369. The number of ether oxygens (including phenoxy) is 1. The van der Waals surface area contributed by atoms with Crippen LogP contribution in [0.3, 0.4) is 0 Å². The molecule has 1 atom stereocenters. The van der Waals surface area contributed by atoms with Crippen molar-refractivity contribution in [2.75, 3.05) is 7.11 Å². The molecule has 2 rings (SSSR count). The molecule has 14 heavy (non-hydrogen) atoms. The van der Waals surface area contributed by atoms with Crippen LogP contribution < -0.4 is 10.5 Å². The summed E-state index contributed by atoms with van der Waals surface area (Å²) in [6, 6.07) is 2.92. The van der Waals surface area contributed by atoms with Crippen LogP contribution in [0.4, 0.5) is 4.39 Å². The number of nitrogens with two attached hydrogens (primary N) is 1. The predicted octanol–water partition coefficient (Wildman–Crippen LogP) is 2.17. The van der Waals surface area contributed by atoms with E-state index in [4.69, 9.17) is 10.5 Å². The maximum atomic E-state index is 13.2. The lowest BCUT2D eigenvalue weighted by Crippen LogP contribution is -2.18. The first-order valence-corrected chi connectivity index (χ1v) is 4.84. The lowest BCUT2D eigenvalue weighted by Gasteiger charge is -2.23. The molecule has 1 aliphatic rings. The molecule has 0 aliphatic heterocycles. The number of benzene rings is 1. The fraction of sp³-hybridized carbons (Fsp3) is 0.455. The Bertz CT molecular complexity index is 351. The summed E-state index contributed by atoms with van der Waals surface area (Å²) in [5.41, 5.74) is 7.90. The van der Waals surface area contributed by atoms with Crippen molar-refractivity contribution in [1.29, 1.82) is 0 Å². The molecule has 0 saturated heterocycles. The topological polar surface area (TPSA) is 35.2 Å². The van der Waals surface area contributed by atoms with Gasteiger partial charge in [0.2, 0.25) is 0 Å².